The minimum absolute atomic E-state index is 0.361. The van der Waals surface area contributed by atoms with Crippen molar-refractivity contribution < 1.29 is 24.1 Å². The highest BCUT2D eigenvalue weighted by Crippen LogP contribution is 2.29. The molecule has 1 atom stereocenters. The topological polar surface area (TPSA) is 65.0 Å². The van der Waals surface area contributed by atoms with E-state index in [0.717, 1.165) is 21.9 Å². The first-order valence-electron chi connectivity index (χ1n) is 8.91. The summed E-state index contributed by atoms with van der Waals surface area (Å²) in [5, 5.41) is 11.5. The highest BCUT2D eigenvalue weighted by atomic mass is 32.1. The molecule has 0 fully saturated rings. The number of methoxy groups -OCH3 is 1. The summed E-state index contributed by atoms with van der Waals surface area (Å²) in [7, 11) is 1.62. The van der Waals surface area contributed by atoms with Gasteiger partial charge in [0.1, 0.15) is 30.5 Å². The molecule has 1 aromatic heterocycles. The Labute approximate surface area is 168 Å². The third kappa shape index (κ3) is 5.27. The predicted molar refractivity (Wildman–Crippen MR) is 109 cm³/mol. The Morgan fingerprint density at radius 1 is 0.964 bits per heavy atom. The second-order valence-electron chi connectivity index (χ2n) is 6.09. The monoisotopic (exact) mass is 398 g/mol. The molecule has 2 aromatic carbocycles. The minimum atomic E-state index is -0.833. The van der Waals surface area contributed by atoms with E-state index in [2.05, 4.69) is 0 Å². The van der Waals surface area contributed by atoms with Crippen LogP contribution in [-0.2, 0) is 11.2 Å². The van der Waals surface area contributed by atoms with Crippen LogP contribution in [-0.4, -0.2) is 31.4 Å². The molecule has 0 bridgehead atoms. The average molecular weight is 398 g/mol. The summed E-state index contributed by atoms with van der Waals surface area (Å²) in [4.78, 5) is 12.6. The first-order chi connectivity index (χ1) is 13.7. The SMILES string of the molecule is COc1ccc(OCCOc2ccccc2CC(C(=O)O)c2cccs2)cc1. The number of carbonyl (C=O) groups is 1. The zero-order chi connectivity index (χ0) is 19.8. The van der Waals surface area contributed by atoms with E-state index in [9.17, 15) is 9.90 Å². The number of rotatable bonds is 10. The van der Waals surface area contributed by atoms with Gasteiger partial charge in [-0.2, -0.15) is 0 Å². The highest BCUT2D eigenvalue weighted by molar-refractivity contribution is 7.10. The summed E-state index contributed by atoms with van der Waals surface area (Å²) >= 11 is 1.46. The number of thiophene rings is 1. The lowest BCUT2D eigenvalue weighted by atomic mass is 9.97. The van der Waals surface area contributed by atoms with Gasteiger partial charge in [0.15, 0.2) is 0 Å². The van der Waals surface area contributed by atoms with E-state index in [4.69, 9.17) is 14.2 Å². The van der Waals surface area contributed by atoms with Crippen LogP contribution in [0.1, 0.15) is 16.4 Å². The lowest BCUT2D eigenvalue weighted by molar-refractivity contribution is -0.138. The molecule has 0 spiro atoms. The van der Waals surface area contributed by atoms with E-state index in [1.165, 1.54) is 11.3 Å². The smallest absolute Gasteiger partial charge is 0.312 e. The van der Waals surface area contributed by atoms with Crippen LogP contribution in [0.15, 0.2) is 66.0 Å². The van der Waals surface area contributed by atoms with Gasteiger partial charge in [-0.25, -0.2) is 0 Å². The van der Waals surface area contributed by atoms with Crippen molar-refractivity contribution >= 4 is 17.3 Å². The molecule has 1 unspecified atom stereocenters. The van der Waals surface area contributed by atoms with Crippen LogP contribution in [0.5, 0.6) is 17.2 Å². The summed E-state index contributed by atoms with van der Waals surface area (Å²) in [5.41, 5.74) is 0.868. The van der Waals surface area contributed by atoms with Crippen LogP contribution in [0, 0.1) is 0 Å². The van der Waals surface area contributed by atoms with Crippen molar-refractivity contribution in [1.29, 1.82) is 0 Å². The van der Waals surface area contributed by atoms with Crippen LogP contribution < -0.4 is 14.2 Å². The summed E-state index contributed by atoms with van der Waals surface area (Å²) < 4.78 is 16.7. The van der Waals surface area contributed by atoms with E-state index < -0.39 is 11.9 Å². The summed E-state index contributed by atoms with van der Waals surface area (Å²) in [5.74, 6) is 0.779. The Morgan fingerprint density at radius 3 is 2.36 bits per heavy atom. The van der Waals surface area contributed by atoms with Gasteiger partial charge in [-0.15, -0.1) is 11.3 Å². The van der Waals surface area contributed by atoms with Crippen molar-refractivity contribution in [2.45, 2.75) is 12.3 Å². The third-order valence-electron chi connectivity index (χ3n) is 4.25. The minimum Gasteiger partial charge on any atom is -0.497 e. The lowest BCUT2D eigenvalue weighted by Crippen LogP contribution is -2.15. The summed E-state index contributed by atoms with van der Waals surface area (Å²) in [6.45, 7) is 0.744. The molecule has 146 valence electrons. The van der Waals surface area contributed by atoms with E-state index in [1.54, 1.807) is 7.11 Å². The van der Waals surface area contributed by atoms with Gasteiger partial charge in [0, 0.05) is 4.88 Å². The standard InChI is InChI=1S/C22H22O5S/c1-25-17-8-10-18(11-9-17)26-12-13-27-20-6-3-2-5-16(20)15-19(22(23)24)21-7-4-14-28-21/h2-11,14,19H,12-13,15H2,1H3,(H,23,24). The third-order valence-corrected chi connectivity index (χ3v) is 5.24. The van der Waals surface area contributed by atoms with Crippen molar-refractivity contribution in [3.05, 3.63) is 76.5 Å². The first kappa shape index (κ1) is 19.8. The molecule has 0 saturated carbocycles. The number of hydrogen-bond acceptors (Lipinski definition) is 5. The van der Waals surface area contributed by atoms with E-state index >= 15 is 0 Å². The summed E-state index contributed by atoms with van der Waals surface area (Å²) in [6, 6.07) is 18.6. The second kappa shape index (κ2) is 9.80. The number of carboxylic acids is 1. The quantitative estimate of drug-likeness (QED) is 0.505. The molecule has 3 aromatic rings. The summed E-state index contributed by atoms with van der Waals surface area (Å²) in [6.07, 6.45) is 0.380. The number of para-hydroxylation sites is 1. The molecule has 3 rings (SSSR count). The Balaban J connectivity index is 1.58. The lowest BCUT2D eigenvalue weighted by Gasteiger charge is -2.15. The van der Waals surface area contributed by atoms with Crippen LogP contribution in [0.4, 0.5) is 0 Å². The fraction of sp³-hybridized carbons (Fsp3) is 0.227. The maximum Gasteiger partial charge on any atom is 0.312 e. The van der Waals surface area contributed by atoms with Crippen molar-refractivity contribution in [2.24, 2.45) is 0 Å². The molecule has 0 aliphatic heterocycles. The highest BCUT2D eigenvalue weighted by Gasteiger charge is 2.22. The number of benzene rings is 2. The maximum absolute atomic E-state index is 11.7. The Morgan fingerprint density at radius 2 is 1.68 bits per heavy atom. The zero-order valence-corrected chi connectivity index (χ0v) is 16.4. The van der Waals surface area contributed by atoms with Crippen LogP contribution in [0.3, 0.4) is 0 Å². The molecule has 0 aliphatic rings. The van der Waals surface area contributed by atoms with Crippen LogP contribution in [0.25, 0.3) is 0 Å². The molecule has 0 saturated heterocycles. The Hall–Kier alpha value is -2.99. The fourth-order valence-corrected chi connectivity index (χ4v) is 3.64. The van der Waals surface area contributed by atoms with Crippen LogP contribution in [0.2, 0.25) is 0 Å². The van der Waals surface area contributed by atoms with Gasteiger partial charge < -0.3 is 19.3 Å². The molecular formula is C22H22O5S. The molecule has 0 radical (unpaired) electrons. The fourth-order valence-electron chi connectivity index (χ4n) is 2.82. The molecule has 28 heavy (non-hydrogen) atoms. The normalized spacial score (nSPS) is 11.6. The molecule has 0 aliphatic carbocycles. The van der Waals surface area contributed by atoms with Gasteiger partial charge in [-0.05, 0) is 53.8 Å². The van der Waals surface area contributed by atoms with Crippen molar-refractivity contribution in [1.82, 2.24) is 0 Å². The molecule has 1 heterocycles. The van der Waals surface area contributed by atoms with Gasteiger partial charge in [-0.1, -0.05) is 24.3 Å². The van der Waals surface area contributed by atoms with Crippen molar-refractivity contribution in [3.8, 4) is 17.2 Å². The predicted octanol–water partition coefficient (Wildman–Crippen LogP) is 4.63. The van der Waals surface area contributed by atoms with Gasteiger partial charge in [0.25, 0.3) is 0 Å². The largest absolute Gasteiger partial charge is 0.497 e. The average Bonchev–Trinajstić information content (AvgIpc) is 3.25. The van der Waals surface area contributed by atoms with E-state index in [0.29, 0.717) is 25.4 Å². The zero-order valence-electron chi connectivity index (χ0n) is 15.5. The molecule has 6 heteroatoms. The molecule has 1 N–H and O–H groups in total. The number of carboxylic acid groups (broad SMARTS) is 1. The van der Waals surface area contributed by atoms with Crippen molar-refractivity contribution in [2.75, 3.05) is 20.3 Å². The molecule has 5 nitrogen and oxygen atoms in total. The van der Waals surface area contributed by atoms with Gasteiger partial charge in [-0.3, -0.25) is 4.79 Å². The van der Waals surface area contributed by atoms with Crippen LogP contribution >= 0.6 is 11.3 Å². The van der Waals surface area contributed by atoms with Gasteiger partial charge >= 0.3 is 5.97 Å². The number of ether oxygens (including phenoxy) is 3. The first-order valence-corrected chi connectivity index (χ1v) is 9.79. The van der Waals surface area contributed by atoms with Gasteiger partial charge in [0.05, 0.1) is 13.0 Å². The van der Waals surface area contributed by atoms with Gasteiger partial charge in [0.2, 0.25) is 0 Å². The van der Waals surface area contributed by atoms with E-state index in [1.807, 2.05) is 66.0 Å². The number of aliphatic carboxylic acids is 1. The number of hydrogen-bond donors (Lipinski definition) is 1. The Kier molecular flexibility index (Phi) is 6.92. The second-order valence-corrected chi connectivity index (χ2v) is 7.07. The molecular weight excluding hydrogens is 376 g/mol. The van der Waals surface area contributed by atoms with Crippen molar-refractivity contribution in [3.63, 3.8) is 0 Å². The molecule has 0 amide bonds. The maximum atomic E-state index is 11.7. The Bertz CT molecular complexity index is 874. The van der Waals surface area contributed by atoms with E-state index in [-0.39, 0.29) is 0 Å².